The van der Waals surface area contributed by atoms with Crippen molar-refractivity contribution in [3.8, 4) is 0 Å². The van der Waals surface area contributed by atoms with Crippen molar-refractivity contribution in [3.63, 3.8) is 0 Å². The van der Waals surface area contributed by atoms with Gasteiger partial charge in [-0.2, -0.15) is 0 Å². The maximum Gasteiger partial charge on any atom is 0.331 e. The Morgan fingerprint density at radius 3 is 2.29 bits per heavy atom. The van der Waals surface area contributed by atoms with Crippen LogP contribution in [-0.2, 0) is 9.36 Å². The fourth-order valence-electron chi connectivity index (χ4n) is 0.716. The second-order valence-corrected chi connectivity index (χ2v) is 4.28. The molecule has 0 aromatic carbocycles. The number of carboxylic acid groups (broad SMARTS) is 1. The van der Waals surface area contributed by atoms with E-state index in [9.17, 15) is 9.36 Å². The van der Waals surface area contributed by atoms with Crippen molar-refractivity contribution in [2.75, 3.05) is 6.16 Å². The average Bonchev–Trinajstić information content (AvgIpc) is 2.00. The summed E-state index contributed by atoms with van der Waals surface area (Å²) in [6.07, 6.45) is -1.21. The second kappa shape index (κ2) is 5.06. The van der Waals surface area contributed by atoms with Crippen molar-refractivity contribution in [1.82, 2.24) is 0 Å². The lowest BCUT2D eigenvalue weighted by molar-refractivity contribution is -0.138. The number of hydrogen-bond acceptors (Lipinski definition) is 5. The van der Waals surface area contributed by atoms with Crippen LogP contribution in [0.4, 0.5) is 0 Å². The fraction of sp³-hybridized carbons (Fsp3) is 0.600. The molecule has 0 fully saturated rings. The van der Waals surface area contributed by atoms with E-state index in [0.29, 0.717) is 0 Å². The van der Waals surface area contributed by atoms with E-state index in [2.05, 4.69) is 5.16 Å². The first-order chi connectivity index (χ1) is 6.26. The first-order valence-electron chi connectivity index (χ1n) is 3.49. The maximum absolute atomic E-state index is 10.5. The minimum Gasteiger partial charge on any atom is -0.480 e. The smallest absolute Gasteiger partial charge is 0.331 e. The van der Waals surface area contributed by atoms with E-state index in [-0.39, 0.29) is 5.71 Å². The summed E-state index contributed by atoms with van der Waals surface area (Å²) < 4.78 is 10.5. The van der Waals surface area contributed by atoms with Gasteiger partial charge in [-0.15, -0.1) is 0 Å². The molecule has 0 unspecified atom stereocenters. The van der Waals surface area contributed by atoms with Gasteiger partial charge < -0.3 is 25.8 Å². The van der Waals surface area contributed by atoms with Gasteiger partial charge in [-0.25, -0.2) is 0 Å². The molecule has 1 atom stereocenters. The molecule has 0 aromatic heterocycles. The molecule has 0 aliphatic heterocycles. The first-order valence-corrected chi connectivity index (χ1v) is 5.29. The highest BCUT2D eigenvalue weighted by Crippen LogP contribution is 2.34. The van der Waals surface area contributed by atoms with Gasteiger partial charge in [0, 0.05) is 6.42 Å². The average molecular weight is 226 g/mol. The van der Waals surface area contributed by atoms with Crippen LogP contribution in [0.15, 0.2) is 5.16 Å². The van der Waals surface area contributed by atoms with Crippen molar-refractivity contribution in [1.29, 1.82) is 0 Å². The molecule has 14 heavy (non-hydrogen) atoms. The largest absolute Gasteiger partial charge is 0.480 e. The van der Waals surface area contributed by atoms with Crippen LogP contribution in [-0.4, -0.2) is 44.0 Å². The van der Waals surface area contributed by atoms with Gasteiger partial charge in [0.2, 0.25) is 0 Å². The number of nitrogens with zero attached hydrogens (tertiary/aromatic N) is 1. The summed E-state index contributed by atoms with van der Waals surface area (Å²) in [4.78, 5) is 27.3. The van der Waals surface area contributed by atoms with Gasteiger partial charge in [-0.1, -0.05) is 5.16 Å². The van der Waals surface area contributed by atoms with Crippen molar-refractivity contribution in [3.05, 3.63) is 0 Å². The van der Waals surface area contributed by atoms with Gasteiger partial charge in [-0.05, 0) is 0 Å². The third-order valence-corrected chi connectivity index (χ3v) is 2.08. The van der Waals surface area contributed by atoms with Crippen LogP contribution in [0.3, 0.4) is 0 Å². The van der Waals surface area contributed by atoms with Gasteiger partial charge in [-0.3, -0.25) is 9.36 Å². The molecule has 6 N–H and O–H groups in total. The minimum atomic E-state index is -4.36. The predicted molar refractivity (Wildman–Crippen MR) is 46.4 cm³/mol. The van der Waals surface area contributed by atoms with Gasteiger partial charge in [0.1, 0.15) is 6.04 Å². The molecule has 0 saturated carbocycles. The highest BCUT2D eigenvalue weighted by atomic mass is 31.2. The van der Waals surface area contributed by atoms with Crippen LogP contribution in [0.1, 0.15) is 6.42 Å². The monoisotopic (exact) mass is 226 g/mol. The summed E-state index contributed by atoms with van der Waals surface area (Å²) in [5.41, 5.74) is 4.73. The van der Waals surface area contributed by atoms with Crippen molar-refractivity contribution in [2.24, 2.45) is 10.9 Å². The summed E-state index contributed by atoms with van der Waals surface area (Å²) >= 11 is 0. The predicted octanol–water partition coefficient (Wildman–Crippen LogP) is -1.20. The Labute approximate surface area is 79.2 Å². The van der Waals surface area contributed by atoms with Gasteiger partial charge in [0.05, 0.1) is 11.9 Å². The van der Waals surface area contributed by atoms with E-state index >= 15 is 0 Å². The van der Waals surface area contributed by atoms with Gasteiger partial charge in [0.15, 0.2) is 0 Å². The van der Waals surface area contributed by atoms with E-state index in [4.69, 9.17) is 25.8 Å². The number of nitrogens with two attached hydrogens (primary N) is 1. The lowest BCUT2D eigenvalue weighted by Crippen LogP contribution is -2.33. The quantitative estimate of drug-likeness (QED) is 0.170. The van der Waals surface area contributed by atoms with Crippen molar-refractivity contribution < 1.29 is 29.5 Å². The molecule has 0 aliphatic carbocycles. The SMILES string of the molecule is N[C@H](CC(CP(=O)(O)O)=NO)C(=O)O. The van der Waals surface area contributed by atoms with Gasteiger partial charge >= 0.3 is 13.6 Å². The van der Waals surface area contributed by atoms with Crippen molar-refractivity contribution in [2.45, 2.75) is 12.5 Å². The molecule has 0 aliphatic rings. The summed E-state index contributed by atoms with van der Waals surface area (Å²) in [6, 6.07) is -1.34. The van der Waals surface area contributed by atoms with E-state index in [1.54, 1.807) is 0 Å². The zero-order chi connectivity index (χ0) is 11.4. The summed E-state index contributed by atoms with van der Waals surface area (Å²) in [6.45, 7) is 0. The van der Waals surface area contributed by atoms with Crippen LogP contribution >= 0.6 is 7.60 Å². The van der Waals surface area contributed by atoms with E-state index in [0.717, 1.165) is 0 Å². The van der Waals surface area contributed by atoms with Crippen LogP contribution < -0.4 is 5.73 Å². The van der Waals surface area contributed by atoms with Crippen LogP contribution in [0.25, 0.3) is 0 Å². The molecular formula is C5H11N2O6P. The standard InChI is InChI=1S/C5H11N2O6P/c6-4(5(8)9)1-3(7-10)2-14(11,12)13/h4,10H,1-2,6H2,(H,8,9)(H2,11,12,13)/t4-/m1/s1. The van der Waals surface area contributed by atoms with Crippen LogP contribution in [0.5, 0.6) is 0 Å². The lowest BCUT2D eigenvalue weighted by Gasteiger charge is -2.08. The minimum absolute atomic E-state index is 0.340. The Balaban J connectivity index is 4.34. The molecule has 0 bridgehead atoms. The van der Waals surface area contributed by atoms with Gasteiger partial charge in [0.25, 0.3) is 0 Å². The number of rotatable bonds is 5. The highest BCUT2D eigenvalue weighted by Gasteiger charge is 2.22. The second-order valence-electron chi connectivity index (χ2n) is 2.64. The normalized spacial score (nSPS) is 15.2. The topological polar surface area (TPSA) is 153 Å². The first kappa shape index (κ1) is 13.1. The number of carbonyl (C=O) groups is 1. The number of carboxylic acids is 1. The van der Waals surface area contributed by atoms with Crippen LogP contribution in [0, 0.1) is 0 Å². The Morgan fingerprint density at radius 2 is 2.00 bits per heavy atom. The molecule has 0 radical (unpaired) electrons. The molecule has 0 spiro atoms. The Hall–Kier alpha value is -0.950. The third-order valence-electron chi connectivity index (χ3n) is 1.30. The number of aliphatic carboxylic acids is 1. The summed E-state index contributed by atoms with van der Waals surface area (Å²) in [7, 11) is -4.36. The van der Waals surface area contributed by atoms with E-state index in [1.807, 2.05) is 0 Å². The summed E-state index contributed by atoms with van der Waals surface area (Å²) in [5, 5.41) is 19.3. The molecule has 0 amide bonds. The highest BCUT2D eigenvalue weighted by molar-refractivity contribution is 7.52. The molecule has 9 heteroatoms. The molecule has 0 heterocycles. The fourth-order valence-corrected chi connectivity index (χ4v) is 1.38. The summed E-state index contributed by atoms with van der Waals surface area (Å²) in [5.74, 6) is -1.34. The molecule has 8 nitrogen and oxygen atoms in total. The van der Waals surface area contributed by atoms with Crippen LogP contribution in [0.2, 0.25) is 0 Å². The zero-order valence-corrected chi connectivity index (χ0v) is 7.96. The van der Waals surface area contributed by atoms with E-state index in [1.165, 1.54) is 0 Å². The van der Waals surface area contributed by atoms with Crippen molar-refractivity contribution >= 4 is 19.3 Å². The number of hydrogen-bond donors (Lipinski definition) is 5. The number of oxime groups is 1. The maximum atomic E-state index is 10.5. The molecule has 0 saturated heterocycles. The Kier molecular flexibility index (Phi) is 4.72. The Morgan fingerprint density at radius 1 is 1.50 bits per heavy atom. The molecule has 0 rings (SSSR count). The lowest BCUT2D eigenvalue weighted by atomic mass is 10.1. The van der Waals surface area contributed by atoms with E-state index < -0.39 is 32.2 Å². The molecular weight excluding hydrogens is 215 g/mol. The molecule has 0 aromatic rings. The zero-order valence-electron chi connectivity index (χ0n) is 7.07. The third kappa shape index (κ3) is 5.65. The molecule has 82 valence electrons. The Bertz CT molecular complexity index is 284.